The van der Waals surface area contributed by atoms with Gasteiger partial charge in [0.2, 0.25) is 0 Å². The van der Waals surface area contributed by atoms with Crippen LogP contribution in [0.4, 0.5) is 4.39 Å². The molecule has 1 heterocycles. The number of halogens is 1. The number of benzene rings is 1. The first-order chi connectivity index (χ1) is 7.65. The molecule has 0 fully saturated rings. The number of hydrogen-bond acceptors (Lipinski definition) is 3. The standard InChI is InChI=1S/C11H8FNO2S/c12-7-1-3-8(4-2-7)15-10-6-5-9(16-10)11(13)14/h1-6H,(H2,13,14). The molecule has 2 rings (SSSR count). The summed E-state index contributed by atoms with van der Waals surface area (Å²) in [6.07, 6.45) is 0. The van der Waals surface area contributed by atoms with Crippen molar-refractivity contribution in [3.63, 3.8) is 0 Å². The SMILES string of the molecule is NC(=O)c1ccc(Oc2ccc(F)cc2)s1. The third-order valence-corrected chi connectivity index (χ3v) is 2.83. The number of thiophene rings is 1. The Labute approximate surface area is 95.3 Å². The average molecular weight is 237 g/mol. The van der Waals surface area contributed by atoms with Gasteiger partial charge >= 0.3 is 0 Å². The van der Waals surface area contributed by atoms with E-state index >= 15 is 0 Å². The lowest BCUT2D eigenvalue weighted by Crippen LogP contribution is -2.07. The maximum atomic E-state index is 12.6. The highest BCUT2D eigenvalue weighted by Gasteiger charge is 2.06. The number of carbonyl (C=O) groups is 1. The predicted octanol–water partition coefficient (Wildman–Crippen LogP) is 2.78. The molecule has 1 aromatic carbocycles. The monoisotopic (exact) mass is 237 g/mol. The van der Waals surface area contributed by atoms with Crippen LogP contribution in [0, 0.1) is 5.82 Å². The van der Waals surface area contributed by atoms with Crippen molar-refractivity contribution < 1.29 is 13.9 Å². The molecule has 3 nitrogen and oxygen atoms in total. The van der Waals surface area contributed by atoms with Gasteiger partial charge in [-0.25, -0.2) is 4.39 Å². The molecule has 16 heavy (non-hydrogen) atoms. The van der Waals surface area contributed by atoms with Crippen molar-refractivity contribution in [2.24, 2.45) is 5.73 Å². The average Bonchev–Trinajstić information content (AvgIpc) is 2.70. The second-order valence-corrected chi connectivity index (χ2v) is 4.09. The predicted molar refractivity (Wildman–Crippen MR) is 59.3 cm³/mol. The van der Waals surface area contributed by atoms with Crippen LogP contribution in [0.25, 0.3) is 0 Å². The Bertz CT molecular complexity index is 507. The van der Waals surface area contributed by atoms with E-state index in [0.29, 0.717) is 15.7 Å². The minimum Gasteiger partial charge on any atom is -0.447 e. The molecule has 82 valence electrons. The Morgan fingerprint density at radius 3 is 2.44 bits per heavy atom. The van der Waals surface area contributed by atoms with Crippen LogP contribution in [0.5, 0.6) is 10.8 Å². The zero-order chi connectivity index (χ0) is 11.5. The molecule has 0 aliphatic carbocycles. The molecule has 2 aromatic rings. The van der Waals surface area contributed by atoms with E-state index in [1.807, 2.05) is 0 Å². The van der Waals surface area contributed by atoms with Gasteiger partial charge in [-0.05, 0) is 36.4 Å². The van der Waals surface area contributed by atoms with Crippen molar-refractivity contribution in [2.45, 2.75) is 0 Å². The van der Waals surface area contributed by atoms with Gasteiger partial charge in [-0.3, -0.25) is 4.79 Å². The number of rotatable bonds is 3. The number of ether oxygens (including phenoxy) is 1. The van der Waals surface area contributed by atoms with Gasteiger partial charge in [-0.1, -0.05) is 11.3 Å². The molecule has 0 radical (unpaired) electrons. The minimum absolute atomic E-state index is 0.323. The molecular weight excluding hydrogens is 229 g/mol. The van der Waals surface area contributed by atoms with Crippen LogP contribution in [-0.4, -0.2) is 5.91 Å². The molecule has 1 amide bonds. The fourth-order valence-corrected chi connectivity index (χ4v) is 1.85. The molecule has 1 aromatic heterocycles. The Hall–Kier alpha value is -1.88. The van der Waals surface area contributed by atoms with Gasteiger partial charge in [-0.15, -0.1) is 0 Å². The largest absolute Gasteiger partial charge is 0.447 e. The van der Waals surface area contributed by atoms with Gasteiger partial charge in [0.1, 0.15) is 11.6 Å². The zero-order valence-electron chi connectivity index (χ0n) is 8.14. The van der Waals surface area contributed by atoms with Crippen LogP contribution in [0.1, 0.15) is 9.67 Å². The van der Waals surface area contributed by atoms with E-state index in [1.165, 1.54) is 24.3 Å². The van der Waals surface area contributed by atoms with Gasteiger partial charge < -0.3 is 10.5 Å². The summed E-state index contributed by atoms with van der Waals surface area (Å²) in [5.74, 6) is -0.297. The molecule has 0 spiro atoms. The number of carbonyl (C=O) groups excluding carboxylic acids is 1. The highest BCUT2D eigenvalue weighted by Crippen LogP contribution is 2.29. The number of primary amides is 1. The first-order valence-electron chi connectivity index (χ1n) is 4.48. The van der Waals surface area contributed by atoms with Crippen molar-refractivity contribution in [1.29, 1.82) is 0 Å². The molecule has 0 atom stereocenters. The normalized spacial score (nSPS) is 10.1. The molecule has 0 bridgehead atoms. The topological polar surface area (TPSA) is 52.3 Å². The van der Waals surface area contributed by atoms with Gasteiger partial charge in [0.05, 0.1) is 4.88 Å². The van der Waals surface area contributed by atoms with E-state index in [9.17, 15) is 9.18 Å². The van der Waals surface area contributed by atoms with Crippen molar-refractivity contribution in [2.75, 3.05) is 0 Å². The Morgan fingerprint density at radius 1 is 1.19 bits per heavy atom. The smallest absolute Gasteiger partial charge is 0.258 e. The van der Waals surface area contributed by atoms with Crippen LogP contribution in [-0.2, 0) is 0 Å². The molecule has 0 unspecified atom stereocenters. The fraction of sp³-hybridized carbons (Fsp3) is 0. The van der Waals surface area contributed by atoms with Crippen molar-refractivity contribution in [1.82, 2.24) is 0 Å². The highest BCUT2D eigenvalue weighted by atomic mass is 32.1. The third kappa shape index (κ3) is 2.38. The maximum absolute atomic E-state index is 12.6. The maximum Gasteiger partial charge on any atom is 0.258 e. The summed E-state index contributed by atoms with van der Waals surface area (Å²) in [4.78, 5) is 11.3. The van der Waals surface area contributed by atoms with Gasteiger partial charge in [0.25, 0.3) is 5.91 Å². The van der Waals surface area contributed by atoms with E-state index in [2.05, 4.69) is 0 Å². The highest BCUT2D eigenvalue weighted by molar-refractivity contribution is 7.15. The summed E-state index contributed by atoms with van der Waals surface area (Å²) < 4.78 is 18.0. The lowest BCUT2D eigenvalue weighted by Gasteiger charge is -2.01. The second kappa shape index (κ2) is 4.32. The van der Waals surface area contributed by atoms with Gasteiger partial charge in [0.15, 0.2) is 5.06 Å². The molecule has 5 heteroatoms. The fourth-order valence-electron chi connectivity index (χ4n) is 1.13. The summed E-state index contributed by atoms with van der Waals surface area (Å²) in [5, 5.41) is 0.542. The number of nitrogens with two attached hydrogens (primary N) is 1. The molecular formula is C11H8FNO2S. The summed E-state index contributed by atoms with van der Waals surface area (Å²) >= 11 is 1.15. The van der Waals surface area contributed by atoms with Crippen molar-refractivity contribution in [3.05, 3.63) is 47.1 Å². The van der Waals surface area contributed by atoms with E-state index in [4.69, 9.17) is 10.5 Å². The van der Waals surface area contributed by atoms with Crippen molar-refractivity contribution in [3.8, 4) is 10.8 Å². The number of amides is 1. The van der Waals surface area contributed by atoms with E-state index in [1.54, 1.807) is 12.1 Å². The minimum atomic E-state index is -0.487. The van der Waals surface area contributed by atoms with E-state index < -0.39 is 5.91 Å². The molecule has 0 saturated heterocycles. The first-order valence-corrected chi connectivity index (χ1v) is 5.30. The van der Waals surface area contributed by atoms with Gasteiger partial charge in [-0.2, -0.15) is 0 Å². The van der Waals surface area contributed by atoms with Gasteiger partial charge in [0, 0.05) is 0 Å². The molecule has 0 aliphatic heterocycles. The lowest BCUT2D eigenvalue weighted by atomic mass is 10.3. The van der Waals surface area contributed by atoms with Crippen LogP contribution < -0.4 is 10.5 Å². The number of hydrogen-bond donors (Lipinski definition) is 1. The second-order valence-electron chi connectivity index (χ2n) is 3.04. The van der Waals surface area contributed by atoms with E-state index in [0.717, 1.165) is 11.3 Å². The summed E-state index contributed by atoms with van der Waals surface area (Å²) in [7, 11) is 0. The Balaban J connectivity index is 2.14. The first kappa shape index (κ1) is 10.6. The zero-order valence-corrected chi connectivity index (χ0v) is 8.96. The Morgan fingerprint density at radius 2 is 1.88 bits per heavy atom. The lowest BCUT2D eigenvalue weighted by molar-refractivity contribution is 0.100. The van der Waals surface area contributed by atoms with Crippen LogP contribution in [0.15, 0.2) is 36.4 Å². The Kier molecular flexibility index (Phi) is 2.87. The van der Waals surface area contributed by atoms with Crippen molar-refractivity contribution >= 4 is 17.2 Å². The third-order valence-electron chi connectivity index (χ3n) is 1.86. The molecule has 0 aliphatic rings. The van der Waals surface area contributed by atoms with Crippen LogP contribution in [0.2, 0.25) is 0 Å². The molecule has 2 N–H and O–H groups in total. The summed E-state index contributed by atoms with van der Waals surface area (Å²) in [6.45, 7) is 0. The van der Waals surface area contributed by atoms with Crippen LogP contribution in [0.3, 0.4) is 0 Å². The van der Waals surface area contributed by atoms with E-state index in [-0.39, 0.29) is 5.82 Å². The quantitative estimate of drug-likeness (QED) is 0.892. The molecule has 0 saturated carbocycles. The van der Waals surface area contributed by atoms with Crippen LogP contribution >= 0.6 is 11.3 Å². The summed E-state index contributed by atoms with van der Waals surface area (Å²) in [6, 6.07) is 8.87. The summed E-state index contributed by atoms with van der Waals surface area (Å²) in [5.41, 5.74) is 5.11.